The summed E-state index contributed by atoms with van der Waals surface area (Å²) >= 11 is 1.84. The largest absolute Gasteiger partial charge is 0.309 e. The van der Waals surface area contributed by atoms with Crippen LogP contribution in [0.3, 0.4) is 0 Å². The molecule has 3 heteroatoms. The van der Waals surface area contributed by atoms with Crippen LogP contribution in [0.1, 0.15) is 0 Å². The van der Waals surface area contributed by atoms with Crippen LogP contribution in [0.5, 0.6) is 0 Å². The number of nitrogens with zero attached hydrogens (tertiary/aromatic N) is 1. The van der Waals surface area contributed by atoms with Crippen LogP contribution < -0.4 is 4.90 Å². The maximum Gasteiger partial charge on any atom is 0.123 e. The van der Waals surface area contributed by atoms with Gasteiger partial charge in [-0.3, -0.25) is 0 Å². The number of anilines is 3. The van der Waals surface area contributed by atoms with Crippen LogP contribution in [0.2, 0.25) is 0 Å². The number of halogens is 1. The van der Waals surface area contributed by atoms with Gasteiger partial charge in [0.1, 0.15) is 5.82 Å². The average Bonchev–Trinajstić information content (AvgIpc) is 3.44. The van der Waals surface area contributed by atoms with E-state index in [9.17, 15) is 4.39 Å². The molecular weight excluding hydrogens is 521 g/mol. The Kier molecular flexibility index (Phi) is 5.58. The zero-order valence-corrected chi connectivity index (χ0v) is 22.9. The Labute approximate surface area is 241 Å². The first-order valence-electron chi connectivity index (χ1n) is 13.7. The molecule has 1 heterocycles. The molecule has 0 unspecified atom stereocenters. The zero-order chi connectivity index (χ0) is 27.3. The fraction of sp³-hybridized carbons (Fsp3) is 0. The summed E-state index contributed by atoms with van der Waals surface area (Å²) in [5.41, 5.74) is 5.36. The second-order valence-corrected chi connectivity index (χ2v) is 11.3. The molecule has 7 aromatic carbocycles. The van der Waals surface area contributed by atoms with Crippen molar-refractivity contribution < 1.29 is 4.39 Å². The second-order valence-electron chi connectivity index (χ2n) is 10.3. The molecule has 0 bridgehead atoms. The highest BCUT2D eigenvalue weighted by Crippen LogP contribution is 2.49. The number of thiophene rings is 1. The quantitative estimate of drug-likeness (QED) is 0.199. The molecule has 0 saturated carbocycles. The molecule has 8 aromatic rings. The lowest BCUT2D eigenvalue weighted by atomic mass is 9.97. The Bertz CT molecular complexity index is 2200. The van der Waals surface area contributed by atoms with E-state index in [-0.39, 0.29) is 5.82 Å². The third-order valence-corrected chi connectivity index (χ3v) is 9.17. The number of hydrogen-bond acceptors (Lipinski definition) is 2. The first kappa shape index (κ1) is 23.9. The van der Waals surface area contributed by atoms with E-state index in [4.69, 9.17) is 0 Å². The Hall–Kier alpha value is -4.99. The van der Waals surface area contributed by atoms with Crippen LogP contribution in [-0.2, 0) is 0 Å². The molecule has 1 nitrogen and oxygen atoms in total. The fourth-order valence-corrected chi connectivity index (χ4v) is 7.40. The van der Waals surface area contributed by atoms with Gasteiger partial charge in [0, 0.05) is 32.2 Å². The Morgan fingerprint density at radius 3 is 1.66 bits per heavy atom. The topological polar surface area (TPSA) is 3.24 Å². The van der Waals surface area contributed by atoms with Gasteiger partial charge in [-0.05, 0) is 69.8 Å². The SMILES string of the molecule is Fc1ccc(N(c2ccc(-c3ccccc3)cc2)c2cccc3c2sc2c4ccccc4c4ccccc4c32)cc1. The fourth-order valence-electron chi connectivity index (χ4n) is 6.04. The number of hydrogen-bond donors (Lipinski definition) is 0. The predicted octanol–water partition coefficient (Wildman–Crippen LogP) is 11.6. The van der Waals surface area contributed by atoms with Crippen LogP contribution >= 0.6 is 11.3 Å². The molecule has 1 aromatic heterocycles. The zero-order valence-electron chi connectivity index (χ0n) is 22.1. The minimum Gasteiger partial charge on any atom is -0.309 e. The summed E-state index contributed by atoms with van der Waals surface area (Å²) in [6.07, 6.45) is 0. The molecule has 41 heavy (non-hydrogen) atoms. The standard InChI is InChI=1S/C38H24FNS/c39-27-19-23-29(24-20-27)40(28-21-17-26(18-22-28)25-9-2-1-3-10-25)35-16-8-15-34-36-32-13-6-4-11-30(32)31-12-5-7-14-33(31)38(36)41-37(34)35/h1-24H. The van der Waals surface area contributed by atoms with E-state index in [1.165, 1.54) is 59.4 Å². The Morgan fingerprint density at radius 2 is 0.951 bits per heavy atom. The lowest BCUT2D eigenvalue weighted by molar-refractivity contribution is 0.628. The van der Waals surface area contributed by atoms with Crippen LogP contribution in [0, 0.1) is 5.82 Å². The van der Waals surface area contributed by atoms with Gasteiger partial charge in [0.25, 0.3) is 0 Å². The molecule has 0 aliphatic rings. The Balaban J connectivity index is 1.41. The molecule has 0 N–H and O–H groups in total. The lowest BCUT2D eigenvalue weighted by Gasteiger charge is -2.26. The summed E-state index contributed by atoms with van der Waals surface area (Å²) in [5, 5.41) is 7.61. The molecule has 194 valence electrons. The van der Waals surface area contributed by atoms with Gasteiger partial charge in [0.05, 0.1) is 10.4 Å². The van der Waals surface area contributed by atoms with Gasteiger partial charge >= 0.3 is 0 Å². The van der Waals surface area contributed by atoms with E-state index in [1.807, 2.05) is 29.5 Å². The van der Waals surface area contributed by atoms with Crippen LogP contribution in [0.15, 0.2) is 146 Å². The van der Waals surface area contributed by atoms with Gasteiger partial charge < -0.3 is 4.90 Å². The Morgan fingerprint density at radius 1 is 0.415 bits per heavy atom. The number of fused-ring (bicyclic) bond motifs is 8. The molecule has 0 atom stereocenters. The van der Waals surface area contributed by atoms with Crippen molar-refractivity contribution in [1.29, 1.82) is 0 Å². The molecule has 8 rings (SSSR count). The monoisotopic (exact) mass is 545 g/mol. The van der Waals surface area contributed by atoms with E-state index in [1.54, 1.807) is 0 Å². The van der Waals surface area contributed by atoms with E-state index in [2.05, 4.69) is 120 Å². The molecule has 0 fully saturated rings. The second kappa shape index (κ2) is 9.58. The maximum atomic E-state index is 14.1. The van der Waals surface area contributed by atoms with Crippen molar-refractivity contribution in [2.45, 2.75) is 0 Å². The summed E-state index contributed by atoms with van der Waals surface area (Å²) in [5.74, 6) is -0.244. The van der Waals surface area contributed by atoms with E-state index in [0.717, 1.165) is 22.6 Å². The van der Waals surface area contributed by atoms with E-state index in [0.29, 0.717) is 0 Å². The number of rotatable bonds is 4. The summed E-state index contributed by atoms with van der Waals surface area (Å²) in [6.45, 7) is 0. The maximum absolute atomic E-state index is 14.1. The highest BCUT2D eigenvalue weighted by atomic mass is 32.1. The summed E-state index contributed by atoms with van der Waals surface area (Å²) in [4.78, 5) is 2.25. The first-order chi connectivity index (χ1) is 20.3. The van der Waals surface area contributed by atoms with Crippen molar-refractivity contribution >= 4 is 70.1 Å². The molecule has 0 radical (unpaired) electrons. The molecule has 0 spiro atoms. The normalized spacial score (nSPS) is 11.5. The third-order valence-electron chi connectivity index (χ3n) is 7.91. The first-order valence-corrected chi connectivity index (χ1v) is 14.5. The van der Waals surface area contributed by atoms with Crippen molar-refractivity contribution in [2.24, 2.45) is 0 Å². The van der Waals surface area contributed by atoms with Gasteiger partial charge in [-0.15, -0.1) is 11.3 Å². The van der Waals surface area contributed by atoms with Crippen LogP contribution in [0.25, 0.3) is 52.8 Å². The van der Waals surface area contributed by atoms with Gasteiger partial charge in [0.2, 0.25) is 0 Å². The van der Waals surface area contributed by atoms with Crippen molar-refractivity contribution in [3.05, 3.63) is 151 Å². The van der Waals surface area contributed by atoms with Crippen molar-refractivity contribution in [1.82, 2.24) is 0 Å². The molecular formula is C38H24FNS. The predicted molar refractivity (Wildman–Crippen MR) is 174 cm³/mol. The summed E-state index contributed by atoms with van der Waals surface area (Å²) in [7, 11) is 0. The molecule has 0 amide bonds. The lowest BCUT2D eigenvalue weighted by Crippen LogP contribution is -2.10. The third kappa shape index (κ3) is 3.89. The van der Waals surface area contributed by atoms with Gasteiger partial charge in [-0.25, -0.2) is 4.39 Å². The van der Waals surface area contributed by atoms with E-state index < -0.39 is 0 Å². The molecule has 0 aliphatic carbocycles. The average molecular weight is 546 g/mol. The van der Waals surface area contributed by atoms with Crippen LogP contribution in [-0.4, -0.2) is 0 Å². The molecule has 0 saturated heterocycles. The summed E-state index contributed by atoms with van der Waals surface area (Å²) in [6, 6.07) is 49.8. The van der Waals surface area contributed by atoms with E-state index >= 15 is 0 Å². The van der Waals surface area contributed by atoms with Gasteiger partial charge in [-0.1, -0.05) is 103 Å². The number of benzene rings is 7. The smallest absolute Gasteiger partial charge is 0.123 e. The van der Waals surface area contributed by atoms with Gasteiger partial charge in [-0.2, -0.15) is 0 Å². The van der Waals surface area contributed by atoms with Crippen molar-refractivity contribution in [3.63, 3.8) is 0 Å². The van der Waals surface area contributed by atoms with Gasteiger partial charge in [0.15, 0.2) is 0 Å². The van der Waals surface area contributed by atoms with Crippen LogP contribution in [0.4, 0.5) is 21.5 Å². The minimum atomic E-state index is -0.244. The van der Waals surface area contributed by atoms with Crippen molar-refractivity contribution in [3.8, 4) is 11.1 Å². The minimum absolute atomic E-state index is 0.244. The van der Waals surface area contributed by atoms with Crippen molar-refractivity contribution in [2.75, 3.05) is 4.90 Å². The molecule has 0 aliphatic heterocycles. The highest BCUT2D eigenvalue weighted by molar-refractivity contribution is 7.27. The summed E-state index contributed by atoms with van der Waals surface area (Å²) < 4.78 is 16.6. The highest BCUT2D eigenvalue weighted by Gasteiger charge is 2.20.